The monoisotopic (exact) mass is 700 g/mol. The molecular weight excluding hydrogens is 660 g/mol. The van der Waals surface area contributed by atoms with Crippen LogP contribution in [0.4, 0.5) is 0 Å². The molecule has 2 bridgehead atoms. The summed E-state index contributed by atoms with van der Waals surface area (Å²) in [6.07, 6.45) is 0.902. The summed E-state index contributed by atoms with van der Waals surface area (Å²) in [7, 11) is 0. The third kappa shape index (κ3) is 6.46. The molecule has 0 radical (unpaired) electrons. The quantitative estimate of drug-likeness (QED) is 0.226. The van der Waals surface area contributed by atoms with Gasteiger partial charge in [0.2, 0.25) is 0 Å². The first-order valence-corrected chi connectivity index (χ1v) is 16.8. The first-order valence-electron chi connectivity index (χ1n) is 16.8. The van der Waals surface area contributed by atoms with Crippen molar-refractivity contribution in [1.82, 2.24) is 9.97 Å². The van der Waals surface area contributed by atoms with Crippen LogP contribution in [-0.4, -0.2) is 82.0 Å². The molecule has 0 N–H and O–H groups in total. The lowest BCUT2D eigenvalue weighted by Gasteiger charge is -2.62. The van der Waals surface area contributed by atoms with Crippen molar-refractivity contribution in [3.05, 3.63) is 96.1 Å². The Balaban J connectivity index is 1.59. The molecule has 1 spiro atoms. The standard InChI is InChI=1S/C38H40N2O11/c1-22-17-29(47-23(2)41)31(48-24(3)42)37(21-46-33(43)26-13-9-15-39-19-26)32(50-34(44)25-11-7-6-8-12-25)30(28-18-38(22,37)51-36(28,4)5)49-35(45)27-14-10-16-40-20-27/h6-16,19-20,22,28-32H,17-18,21H2,1-5H3/t22-,28+,29+,30-,31+,32+,37+,38+/m0/s1. The van der Waals surface area contributed by atoms with Crippen LogP contribution in [0.25, 0.3) is 0 Å². The van der Waals surface area contributed by atoms with Gasteiger partial charge in [0, 0.05) is 44.6 Å². The lowest BCUT2D eigenvalue weighted by Crippen LogP contribution is -2.77. The Hall–Kier alpha value is -5.17. The van der Waals surface area contributed by atoms with Crippen LogP contribution in [0.2, 0.25) is 0 Å². The highest BCUT2D eigenvalue weighted by molar-refractivity contribution is 5.91. The largest absolute Gasteiger partial charge is 0.461 e. The average molecular weight is 701 g/mol. The second-order valence-corrected chi connectivity index (χ2v) is 13.9. The summed E-state index contributed by atoms with van der Waals surface area (Å²) < 4.78 is 37.9. The molecule has 6 rings (SSSR count). The van der Waals surface area contributed by atoms with Crippen LogP contribution in [0.15, 0.2) is 79.4 Å². The number of rotatable bonds is 9. The lowest BCUT2D eigenvalue weighted by molar-refractivity contribution is -0.305. The fourth-order valence-corrected chi connectivity index (χ4v) is 8.33. The first-order chi connectivity index (χ1) is 24.3. The smallest absolute Gasteiger partial charge is 0.340 e. The second kappa shape index (κ2) is 13.9. The molecule has 13 heteroatoms. The molecule has 268 valence electrons. The van der Waals surface area contributed by atoms with Gasteiger partial charge in [0.1, 0.15) is 24.2 Å². The van der Waals surface area contributed by atoms with E-state index < -0.39 is 89.3 Å². The van der Waals surface area contributed by atoms with Gasteiger partial charge in [-0.25, -0.2) is 14.4 Å². The maximum absolute atomic E-state index is 14.1. The molecule has 1 aliphatic heterocycles. The van der Waals surface area contributed by atoms with Crippen LogP contribution in [0.3, 0.4) is 0 Å². The van der Waals surface area contributed by atoms with Crippen molar-refractivity contribution in [2.75, 3.05) is 6.61 Å². The van der Waals surface area contributed by atoms with Gasteiger partial charge in [-0.05, 0) is 69.0 Å². The molecular formula is C38H40N2O11. The minimum absolute atomic E-state index is 0.131. The Morgan fingerprint density at radius 2 is 1.33 bits per heavy atom. The zero-order chi connectivity index (χ0) is 36.6. The molecule has 8 atom stereocenters. The van der Waals surface area contributed by atoms with E-state index in [2.05, 4.69) is 9.97 Å². The van der Waals surface area contributed by atoms with Gasteiger partial charge in [-0.15, -0.1) is 0 Å². The highest BCUT2D eigenvalue weighted by Gasteiger charge is 2.81. The van der Waals surface area contributed by atoms with Crippen LogP contribution in [0.5, 0.6) is 0 Å². The predicted octanol–water partition coefficient (Wildman–Crippen LogP) is 4.54. The number of esters is 5. The van der Waals surface area contributed by atoms with E-state index in [-0.39, 0.29) is 29.5 Å². The number of ether oxygens (including phenoxy) is 6. The Labute approximate surface area is 294 Å². The normalized spacial score (nSPS) is 30.2. The SMILES string of the molecule is CC(=O)O[C@@H]1[C@H](OC(C)=O)C[C@H](C)[C@]23C[C@H]([C@H](OC(=O)c4cccnc4)[C@@H](OC(=O)c4ccccc4)[C@@]12COC(=O)c1cccnc1)C(C)(C)O3. The Morgan fingerprint density at radius 1 is 0.745 bits per heavy atom. The Morgan fingerprint density at radius 3 is 1.92 bits per heavy atom. The van der Waals surface area contributed by atoms with E-state index in [1.165, 1.54) is 50.8 Å². The van der Waals surface area contributed by atoms with E-state index in [1.807, 2.05) is 20.8 Å². The van der Waals surface area contributed by atoms with Crippen LogP contribution in [0, 0.1) is 17.3 Å². The molecule has 3 heterocycles. The molecule has 0 unspecified atom stereocenters. The van der Waals surface area contributed by atoms with Crippen molar-refractivity contribution in [3.8, 4) is 0 Å². The molecule has 2 aromatic heterocycles. The lowest BCUT2D eigenvalue weighted by atomic mass is 9.48. The third-order valence-corrected chi connectivity index (χ3v) is 10.4. The topological polar surface area (TPSA) is 167 Å². The summed E-state index contributed by atoms with van der Waals surface area (Å²) in [5, 5.41) is 0. The number of pyridine rings is 2. The number of carbonyl (C=O) groups is 5. The number of hydrogen-bond donors (Lipinski definition) is 0. The van der Waals surface area contributed by atoms with Crippen LogP contribution >= 0.6 is 0 Å². The summed E-state index contributed by atoms with van der Waals surface area (Å²) in [5.41, 5.74) is -3.69. The van der Waals surface area contributed by atoms with Gasteiger partial charge in [0.15, 0.2) is 12.2 Å². The molecule has 1 saturated heterocycles. The van der Waals surface area contributed by atoms with E-state index in [1.54, 1.807) is 42.5 Å². The number of benzene rings is 1. The molecule has 51 heavy (non-hydrogen) atoms. The molecule has 0 amide bonds. The maximum atomic E-state index is 14.1. The Kier molecular flexibility index (Phi) is 9.69. The third-order valence-electron chi connectivity index (χ3n) is 10.4. The van der Waals surface area contributed by atoms with Gasteiger partial charge in [-0.1, -0.05) is 25.1 Å². The van der Waals surface area contributed by atoms with Gasteiger partial charge in [0.25, 0.3) is 0 Å². The number of carbonyl (C=O) groups excluding carboxylic acids is 5. The van der Waals surface area contributed by atoms with E-state index >= 15 is 0 Å². The van der Waals surface area contributed by atoms with E-state index in [0.717, 1.165) is 0 Å². The second-order valence-electron chi connectivity index (χ2n) is 13.9. The fraction of sp³-hybridized carbons (Fsp3) is 0.447. The van der Waals surface area contributed by atoms with Crippen molar-refractivity contribution in [1.29, 1.82) is 0 Å². The van der Waals surface area contributed by atoms with Crippen molar-refractivity contribution in [2.24, 2.45) is 17.3 Å². The summed E-state index contributed by atoms with van der Waals surface area (Å²) in [6, 6.07) is 14.4. The molecule has 13 nitrogen and oxygen atoms in total. The van der Waals surface area contributed by atoms with Gasteiger partial charge >= 0.3 is 29.8 Å². The molecule has 3 aliphatic rings. The molecule has 2 aliphatic carbocycles. The van der Waals surface area contributed by atoms with Crippen molar-refractivity contribution < 1.29 is 52.4 Å². The van der Waals surface area contributed by atoms with Crippen LogP contribution in [-0.2, 0) is 38.0 Å². The first kappa shape index (κ1) is 35.6. The fourth-order valence-electron chi connectivity index (χ4n) is 8.33. The van der Waals surface area contributed by atoms with Crippen LogP contribution < -0.4 is 0 Å². The highest BCUT2D eigenvalue weighted by atomic mass is 16.6. The van der Waals surface area contributed by atoms with Gasteiger partial charge < -0.3 is 28.4 Å². The molecule has 2 saturated carbocycles. The molecule has 3 fully saturated rings. The van der Waals surface area contributed by atoms with Crippen molar-refractivity contribution >= 4 is 29.8 Å². The number of aromatic nitrogens is 2. The van der Waals surface area contributed by atoms with E-state index in [0.29, 0.717) is 0 Å². The minimum Gasteiger partial charge on any atom is -0.461 e. The van der Waals surface area contributed by atoms with Crippen molar-refractivity contribution in [2.45, 2.75) is 83.1 Å². The van der Waals surface area contributed by atoms with Gasteiger partial charge in [0.05, 0.1) is 27.9 Å². The summed E-state index contributed by atoms with van der Waals surface area (Å²) in [4.78, 5) is 75.3. The number of fused-ring (bicyclic) bond motifs is 1. The molecule has 3 aromatic rings. The number of nitrogens with zero attached hydrogens (tertiary/aromatic N) is 2. The highest BCUT2D eigenvalue weighted by Crippen LogP contribution is 2.68. The minimum atomic E-state index is -1.80. The zero-order valence-electron chi connectivity index (χ0n) is 29.0. The molecule has 1 aromatic carbocycles. The summed E-state index contributed by atoms with van der Waals surface area (Å²) >= 11 is 0. The zero-order valence-corrected chi connectivity index (χ0v) is 29.0. The number of hydrogen-bond acceptors (Lipinski definition) is 13. The summed E-state index contributed by atoms with van der Waals surface area (Å²) in [6.45, 7) is 7.45. The predicted molar refractivity (Wildman–Crippen MR) is 177 cm³/mol. The average Bonchev–Trinajstić information content (AvgIpc) is 3.37. The summed E-state index contributed by atoms with van der Waals surface area (Å²) in [5.74, 6) is -4.72. The van der Waals surface area contributed by atoms with Crippen molar-refractivity contribution in [3.63, 3.8) is 0 Å². The van der Waals surface area contributed by atoms with Crippen LogP contribution in [0.1, 0.15) is 78.5 Å². The van der Waals surface area contributed by atoms with E-state index in [4.69, 9.17) is 28.4 Å². The Bertz CT molecular complexity index is 1790. The maximum Gasteiger partial charge on any atom is 0.340 e. The van der Waals surface area contributed by atoms with Gasteiger partial charge in [-0.2, -0.15) is 0 Å². The van der Waals surface area contributed by atoms with E-state index in [9.17, 15) is 24.0 Å². The van der Waals surface area contributed by atoms with Gasteiger partial charge in [-0.3, -0.25) is 19.6 Å².